The Morgan fingerprint density at radius 2 is 0.928 bits per heavy atom. The molecule has 0 spiro atoms. The van der Waals surface area contributed by atoms with E-state index in [1.807, 2.05) is 6.08 Å². The molecule has 1 amide bonds. The number of allylic oxidation sites excluding steroid dienone is 3. The van der Waals surface area contributed by atoms with E-state index in [1.54, 1.807) is 6.08 Å². The molecule has 404 valence electrons. The number of ether oxygens (including phenoxy) is 6. The van der Waals surface area contributed by atoms with Crippen LogP contribution >= 0.6 is 0 Å². The van der Waals surface area contributed by atoms with Crippen molar-refractivity contribution in [1.82, 2.24) is 5.32 Å². The van der Waals surface area contributed by atoms with Gasteiger partial charge in [0.1, 0.15) is 73.2 Å². The first-order chi connectivity index (χ1) is 33.3. The normalized spacial score (nSPS) is 33.0. The number of aliphatic hydroxyl groups excluding tert-OH is 11. The Bertz CT molecular complexity index is 1380. The molecule has 0 saturated carbocycles. The van der Waals surface area contributed by atoms with Crippen molar-refractivity contribution in [3.63, 3.8) is 0 Å². The smallest absolute Gasteiger partial charge is 0.220 e. The molecule has 3 aliphatic heterocycles. The predicted octanol–water partition coefficient (Wildman–Crippen LogP) is 2.03. The summed E-state index contributed by atoms with van der Waals surface area (Å²) in [6.07, 6.45) is 4.76. The van der Waals surface area contributed by atoms with Gasteiger partial charge >= 0.3 is 0 Å². The average Bonchev–Trinajstić information content (AvgIpc) is 3.34. The number of carbonyl (C=O) groups excluding carboxylic acids is 1. The van der Waals surface area contributed by atoms with Gasteiger partial charge in [0.2, 0.25) is 5.91 Å². The zero-order valence-electron chi connectivity index (χ0n) is 41.3. The van der Waals surface area contributed by atoms with Crippen molar-refractivity contribution in [3.8, 4) is 0 Å². The van der Waals surface area contributed by atoms with Crippen molar-refractivity contribution in [2.24, 2.45) is 0 Å². The van der Waals surface area contributed by atoms with Crippen molar-refractivity contribution in [3.05, 3.63) is 24.3 Å². The van der Waals surface area contributed by atoms with Crippen LogP contribution in [0.3, 0.4) is 0 Å². The van der Waals surface area contributed by atoms with Crippen molar-refractivity contribution in [1.29, 1.82) is 0 Å². The number of nitrogens with one attached hydrogen (secondary N) is 1. The topological polar surface area (TPSA) is 307 Å². The number of rotatable bonds is 36. The minimum Gasteiger partial charge on any atom is -0.394 e. The first-order valence-electron chi connectivity index (χ1n) is 26.1. The largest absolute Gasteiger partial charge is 0.394 e. The molecule has 17 atom stereocenters. The van der Waals surface area contributed by atoms with Gasteiger partial charge in [0, 0.05) is 6.42 Å². The molecular weight excluding hydrogens is 903 g/mol. The van der Waals surface area contributed by atoms with E-state index in [4.69, 9.17) is 28.4 Å². The van der Waals surface area contributed by atoms with E-state index < -0.39 is 124 Å². The van der Waals surface area contributed by atoms with Crippen molar-refractivity contribution < 1.29 is 89.4 Å². The molecule has 0 aliphatic carbocycles. The highest BCUT2D eigenvalue weighted by Gasteiger charge is 2.53. The fraction of sp³-hybridized carbons (Fsp3) is 0.900. The van der Waals surface area contributed by atoms with Gasteiger partial charge in [-0.25, -0.2) is 0 Å². The maximum Gasteiger partial charge on any atom is 0.220 e. The standard InChI is InChI=1S/C50H91NO18/c1-3-5-7-9-11-13-15-16-18-20-22-24-26-28-38(56)51-33(34(55)27-25-23-21-19-17-14-12-10-8-6-4-2)32-64-48-44(62)41(59)46(36(30-53)66-48)69-50-45(63)42(60)47(37(31-54)67-50)68-49-43(61)40(58)39(57)35(29-52)65-49/h17,19,25,27,33-37,39-50,52-55,57-63H,3-16,18,20-24,26,28-32H2,1-2H3,(H,51,56)/b19-17+,27-25+. The van der Waals surface area contributed by atoms with Crippen LogP contribution in [0.25, 0.3) is 0 Å². The molecule has 12 N–H and O–H groups in total. The maximum atomic E-state index is 13.2. The molecule has 0 aromatic heterocycles. The van der Waals surface area contributed by atoms with Crippen LogP contribution in [0.5, 0.6) is 0 Å². The molecule has 69 heavy (non-hydrogen) atoms. The molecule has 3 fully saturated rings. The van der Waals surface area contributed by atoms with Gasteiger partial charge < -0.3 is 89.9 Å². The number of carbonyl (C=O) groups is 1. The highest BCUT2D eigenvalue weighted by Crippen LogP contribution is 2.33. The molecule has 3 rings (SSSR count). The zero-order valence-corrected chi connectivity index (χ0v) is 41.3. The van der Waals surface area contributed by atoms with Gasteiger partial charge in [-0.15, -0.1) is 0 Å². The lowest BCUT2D eigenvalue weighted by atomic mass is 9.96. The maximum absolute atomic E-state index is 13.2. The Balaban J connectivity index is 1.57. The van der Waals surface area contributed by atoms with E-state index in [2.05, 4.69) is 31.3 Å². The van der Waals surface area contributed by atoms with Crippen molar-refractivity contribution in [2.75, 3.05) is 26.4 Å². The van der Waals surface area contributed by atoms with Crippen LogP contribution in [0.1, 0.15) is 155 Å². The second kappa shape index (κ2) is 35.4. The quantitative estimate of drug-likeness (QED) is 0.0316. The fourth-order valence-electron chi connectivity index (χ4n) is 8.85. The van der Waals surface area contributed by atoms with Crippen molar-refractivity contribution in [2.45, 2.75) is 259 Å². The zero-order chi connectivity index (χ0) is 50.6. The number of aliphatic hydroxyl groups is 11. The number of amides is 1. The first kappa shape index (κ1) is 61.6. The summed E-state index contributed by atoms with van der Waals surface area (Å²) in [7, 11) is 0. The molecule has 3 heterocycles. The SMILES string of the molecule is CCCCCCC/C=C/CC/C=C/C(O)C(COC1OC(CO)C(OC2OC(CO)C(OC3OC(CO)C(O)C(O)C3O)C(O)C2O)C(O)C1O)NC(=O)CCCCCCCCCCCCCCC. The lowest BCUT2D eigenvalue weighted by molar-refractivity contribution is -0.379. The lowest BCUT2D eigenvalue weighted by Gasteiger charge is -2.48. The molecular formula is C50H91NO18. The fourth-order valence-corrected chi connectivity index (χ4v) is 8.85. The van der Waals surface area contributed by atoms with E-state index in [9.17, 15) is 61.0 Å². The van der Waals surface area contributed by atoms with Gasteiger partial charge in [0.15, 0.2) is 18.9 Å². The minimum absolute atomic E-state index is 0.238. The lowest BCUT2D eigenvalue weighted by Crippen LogP contribution is -2.66. The number of hydrogen-bond acceptors (Lipinski definition) is 18. The Labute approximate surface area is 409 Å². The summed E-state index contributed by atoms with van der Waals surface area (Å²) in [5.74, 6) is -0.289. The molecule has 19 heteroatoms. The monoisotopic (exact) mass is 994 g/mol. The summed E-state index contributed by atoms with van der Waals surface area (Å²) >= 11 is 0. The van der Waals surface area contributed by atoms with Gasteiger partial charge in [0.05, 0.1) is 38.6 Å². The van der Waals surface area contributed by atoms with Crippen LogP contribution in [0.4, 0.5) is 0 Å². The van der Waals surface area contributed by atoms with Crippen LogP contribution in [-0.4, -0.2) is 193 Å². The summed E-state index contributed by atoms with van der Waals surface area (Å²) in [6, 6.07) is -0.982. The second-order valence-corrected chi connectivity index (χ2v) is 19.0. The van der Waals surface area contributed by atoms with Gasteiger partial charge in [-0.1, -0.05) is 141 Å². The molecule has 3 aliphatic rings. The van der Waals surface area contributed by atoms with Crippen LogP contribution in [0, 0.1) is 0 Å². The molecule has 19 nitrogen and oxygen atoms in total. The third kappa shape index (κ3) is 21.3. The van der Waals surface area contributed by atoms with Crippen LogP contribution < -0.4 is 5.32 Å². The highest BCUT2D eigenvalue weighted by atomic mass is 16.8. The Morgan fingerprint density at radius 3 is 1.45 bits per heavy atom. The van der Waals surface area contributed by atoms with E-state index in [0.29, 0.717) is 12.8 Å². The average molecular weight is 994 g/mol. The Morgan fingerprint density at radius 1 is 0.507 bits per heavy atom. The number of unbranched alkanes of at least 4 members (excludes halogenated alkanes) is 18. The van der Waals surface area contributed by atoms with Crippen molar-refractivity contribution >= 4 is 5.91 Å². The molecule has 0 bridgehead atoms. The molecule has 3 saturated heterocycles. The minimum atomic E-state index is -1.98. The van der Waals surface area contributed by atoms with Gasteiger partial charge in [-0.05, 0) is 32.1 Å². The number of hydrogen-bond donors (Lipinski definition) is 12. The summed E-state index contributed by atoms with van der Waals surface area (Å²) in [6.45, 7) is 1.63. The van der Waals surface area contributed by atoms with E-state index in [1.165, 1.54) is 83.5 Å². The molecule has 17 unspecified atom stereocenters. The Hall–Kier alpha value is -1.73. The van der Waals surface area contributed by atoms with E-state index in [-0.39, 0.29) is 18.9 Å². The summed E-state index contributed by atoms with van der Waals surface area (Å²) in [5.41, 5.74) is 0. The summed E-state index contributed by atoms with van der Waals surface area (Å²) < 4.78 is 34.1. The van der Waals surface area contributed by atoms with Gasteiger partial charge in [0.25, 0.3) is 0 Å². The van der Waals surface area contributed by atoms with Crippen LogP contribution in [0.2, 0.25) is 0 Å². The third-order valence-electron chi connectivity index (χ3n) is 13.3. The van der Waals surface area contributed by atoms with E-state index in [0.717, 1.165) is 38.5 Å². The Kier molecular flexibility index (Phi) is 31.6. The molecule has 0 aromatic rings. The molecule has 0 aromatic carbocycles. The van der Waals surface area contributed by atoms with Crippen LogP contribution in [-0.2, 0) is 33.2 Å². The summed E-state index contributed by atoms with van der Waals surface area (Å²) in [5, 5.41) is 119. The summed E-state index contributed by atoms with van der Waals surface area (Å²) in [4.78, 5) is 13.2. The highest BCUT2D eigenvalue weighted by molar-refractivity contribution is 5.76. The van der Waals surface area contributed by atoms with Gasteiger partial charge in [-0.3, -0.25) is 4.79 Å². The third-order valence-corrected chi connectivity index (χ3v) is 13.3. The van der Waals surface area contributed by atoms with E-state index >= 15 is 0 Å². The molecule has 0 radical (unpaired) electrons. The predicted molar refractivity (Wildman–Crippen MR) is 254 cm³/mol. The first-order valence-corrected chi connectivity index (χ1v) is 26.1. The van der Waals surface area contributed by atoms with Crippen LogP contribution in [0.15, 0.2) is 24.3 Å². The van der Waals surface area contributed by atoms with Gasteiger partial charge in [-0.2, -0.15) is 0 Å². The second-order valence-electron chi connectivity index (χ2n) is 19.0.